The molecule has 0 saturated heterocycles. The molecule has 122 valence electrons. The highest BCUT2D eigenvalue weighted by Gasteiger charge is 2.19. The van der Waals surface area contributed by atoms with Crippen LogP contribution in [0.2, 0.25) is 5.02 Å². The van der Waals surface area contributed by atoms with Gasteiger partial charge < -0.3 is 10.2 Å². The molecule has 1 heterocycles. The lowest BCUT2D eigenvalue weighted by Crippen LogP contribution is -2.10. The largest absolute Gasteiger partial charge is 0.437 e. The van der Waals surface area contributed by atoms with Crippen molar-refractivity contribution in [1.29, 1.82) is 5.26 Å². The highest BCUT2D eigenvalue weighted by molar-refractivity contribution is 6.30. The van der Waals surface area contributed by atoms with Crippen LogP contribution in [-0.4, -0.2) is 0 Å². The molecule has 0 radical (unpaired) electrons. The molecule has 0 aliphatic carbocycles. The van der Waals surface area contributed by atoms with Gasteiger partial charge in [-0.05, 0) is 24.3 Å². The van der Waals surface area contributed by atoms with Crippen LogP contribution in [0.5, 0.6) is 0 Å². The van der Waals surface area contributed by atoms with E-state index in [1.54, 1.807) is 54.6 Å². The van der Waals surface area contributed by atoms with Gasteiger partial charge in [-0.25, -0.2) is 0 Å². The molecule has 7 heteroatoms. The van der Waals surface area contributed by atoms with E-state index in [4.69, 9.17) is 27.0 Å². The summed E-state index contributed by atoms with van der Waals surface area (Å²) >= 11 is 5.83. The Bertz CT molecular complexity index is 1040. The predicted molar refractivity (Wildman–Crippen MR) is 95.2 cm³/mol. The van der Waals surface area contributed by atoms with Crippen molar-refractivity contribution in [2.24, 2.45) is 10.2 Å². The first-order valence-electron chi connectivity index (χ1n) is 7.19. The fourth-order valence-electron chi connectivity index (χ4n) is 2.14. The van der Waals surface area contributed by atoms with Crippen LogP contribution in [0.3, 0.4) is 0 Å². The quantitative estimate of drug-likeness (QED) is 0.683. The lowest BCUT2D eigenvalue weighted by Gasteiger charge is -2.06. The van der Waals surface area contributed by atoms with Gasteiger partial charge in [-0.3, -0.25) is 4.79 Å². The number of rotatable bonds is 3. The van der Waals surface area contributed by atoms with E-state index in [9.17, 15) is 4.79 Å². The second-order valence-corrected chi connectivity index (χ2v) is 5.44. The van der Waals surface area contributed by atoms with Gasteiger partial charge in [-0.2, -0.15) is 10.4 Å². The molecule has 25 heavy (non-hydrogen) atoms. The summed E-state index contributed by atoms with van der Waals surface area (Å²) in [5.41, 5.74) is 5.75. The minimum absolute atomic E-state index is 0.0908. The SMILES string of the molecule is N#Cc1c(N)oc(-c2ccccc2)c(N=Nc2ccc(Cl)cc2)c1=O. The molecule has 2 aromatic carbocycles. The van der Waals surface area contributed by atoms with E-state index in [2.05, 4.69) is 10.2 Å². The normalized spacial score (nSPS) is 10.7. The average molecular weight is 351 g/mol. The minimum atomic E-state index is -0.636. The Labute approximate surface area is 147 Å². The van der Waals surface area contributed by atoms with Crippen molar-refractivity contribution in [3.63, 3.8) is 0 Å². The molecule has 0 atom stereocenters. The Morgan fingerprint density at radius 2 is 1.72 bits per heavy atom. The molecule has 3 aromatic rings. The highest BCUT2D eigenvalue weighted by atomic mass is 35.5. The van der Waals surface area contributed by atoms with Crippen LogP contribution in [-0.2, 0) is 0 Å². The maximum absolute atomic E-state index is 12.6. The minimum Gasteiger partial charge on any atom is -0.437 e. The van der Waals surface area contributed by atoms with Crippen LogP contribution < -0.4 is 11.2 Å². The summed E-state index contributed by atoms with van der Waals surface area (Å²) < 4.78 is 5.49. The van der Waals surface area contributed by atoms with E-state index in [1.165, 1.54) is 0 Å². The third-order valence-corrected chi connectivity index (χ3v) is 3.61. The topological polar surface area (TPSA) is 105 Å². The number of halogens is 1. The van der Waals surface area contributed by atoms with Gasteiger partial charge in [0.25, 0.3) is 0 Å². The molecule has 0 fully saturated rings. The Hall–Kier alpha value is -3.43. The van der Waals surface area contributed by atoms with Crippen molar-refractivity contribution in [3.8, 4) is 17.4 Å². The smallest absolute Gasteiger partial charge is 0.233 e. The number of nitriles is 1. The second kappa shape index (κ2) is 6.99. The number of hydrogen-bond donors (Lipinski definition) is 1. The first-order chi connectivity index (χ1) is 12.1. The summed E-state index contributed by atoms with van der Waals surface area (Å²) in [6, 6.07) is 17.2. The van der Waals surface area contributed by atoms with Crippen molar-refractivity contribution < 1.29 is 4.42 Å². The van der Waals surface area contributed by atoms with Gasteiger partial charge >= 0.3 is 0 Å². The summed E-state index contributed by atoms with van der Waals surface area (Å²) in [6.45, 7) is 0. The van der Waals surface area contributed by atoms with E-state index < -0.39 is 5.43 Å². The van der Waals surface area contributed by atoms with E-state index in [0.29, 0.717) is 16.3 Å². The highest BCUT2D eigenvalue weighted by Crippen LogP contribution is 2.31. The number of nitrogen functional groups attached to an aromatic ring is 1. The average Bonchev–Trinajstić information content (AvgIpc) is 2.63. The number of azo groups is 1. The van der Waals surface area contributed by atoms with Crippen molar-refractivity contribution in [1.82, 2.24) is 0 Å². The molecule has 0 saturated carbocycles. The fourth-order valence-corrected chi connectivity index (χ4v) is 2.27. The zero-order chi connectivity index (χ0) is 17.8. The predicted octanol–water partition coefficient (Wildman–Crippen LogP) is 4.83. The monoisotopic (exact) mass is 350 g/mol. The molecular weight excluding hydrogens is 340 g/mol. The van der Waals surface area contributed by atoms with E-state index in [1.807, 2.05) is 6.07 Å². The van der Waals surface area contributed by atoms with Gasteiger partial charge in [-0.15, -0.1) is 5.11 Å². The molecule has 1 aromatic heterocycles. The molecule has 3 rings (SSSR count). The van der Waals surface area contributed by atoms with Crippen LogP contribution in [0.4, 0.5) is 17.3 Å². The third-order valence-electron chi connectivity index (χ3n) is 3.36. The first kappa shape index (κ1) is 16.4. The Morgan fingerprint density at radius 3 is 2.36 bits per heavy atom. The summed E-state index contributed by atoms with van der Waals surface area (Å²) in [4.78, 5) is 12.6. The zero-order valence-corrected chi connectivity index (χ0v) is 13.6. The van der Waals surface area contributed by atoms with E-state index in [-0.39, 0.29) is 22.9 Å². The molecular formula is C18H11ClN4O2. The molecule has 0 aliphatic heterocycles. The van der Waals surface area contributed by atoms with Gasteiger partial charge in [0.1, 0.15) is 6.07 Å². The number of nitrogens with two attached hydrogens (primary N) is 1. The number of nitrogens with zero attached hydrogens (tertiary/aromatic N) is 3. The lowest BCUT2D eigenvalue weighted by atomic mass is 10.1. The molecule has 0 spiro atoms. The summed E-state index contributed by atoms with van der Waals surface area (Å²) in [7, 11) is 0. The van der Waals surface area contributed by atoms with Crippen LogP contribution in [0.1, 0.15) is 5.56 Å². The molecule has 0 amide bonds. The molecule has 0 bridgehead atoms. The number of hydrogen-bond acceptors (Lipinski definition) is 6. The van der Waals surface area contributed by atoms with Crippen molar-refractivity contribution in [2.75, 3.05) is 5.73 Å². The van der Waals surface area contributed by atoms with Gasteiger partial charge in [0, 0.05) is 10.6 Å². The molecule has 2 N–H and O–H groups in total. The van der Waals surface area contributed by atoms with Crippen LogP contribution in [0, 0.1) is 11.3 Å². The number of benzene rings is 2. The Morgan fingerprint density at radius 1 is 1.04 bits per heavy atom. The van der Waals surface area contributed by atoms with Gasteiger partial charge in [0.15, 0.2) is 17.0 Å². The van der Waals surface area contributed by atoms with Crippen LogP contribution in [0.25, 0.3) is 11.3 Å². The molecule has 0 aliphatic rings. The van der Waals surface area contributed by atoms with Gasteiger partial charge in [0.2, 0.25) is 11.3 Å². The summed E-state index contributed by atoms with van der Waals surface area (Å²) in [6.07, 6.45) is 0. The summed E-state index contributed by atoms with van der Waals surface area (Å²) in [5.74, 6) is -0.100. The number of anilines is 1. The van der Waals surface area contributed by atoms with Crippen molar-refractivity contribution in [2.45, 2.75) is 0 Å². The maximum atomic E-state index is 12.6. The zero-order valence-electron chi connectivity index (χ0n) is 12.8. The standard InChI is InChI=1S/C18H11ClN4O2/c19-12-6-8-13(9-7-12)22-23-15-16(24)14(10-20)18(21)25-17(15)11-4-2-1-3-5-11/h1-9H,21H2. The van der Waals surface area contributed by atoms with E-state index >= 15 is 0 Å². The van der Waals surface area contributed by atoms with Gasteiger partial charge in [-0.1, -0.05) is 41.9 Å². The molecule has 0 unspecified atom stereocenters. The van der Waals surface area contributed by atoms with Gasteiger partial charge in [0.05, 0.1) is 5.69 Å². The second-order valence-electron chi connectivity index (χ2n) is 5.00. The molecule has 6 nitrogen and oxygen atoms in total. The van der Waals surface area contributed by atoms with E-state index in [0.717, 1.165) is 0 Å². The Balaban J connectivity index is 2.18. The van der Waals surface area contributed by atoms with Crippen molar-refractivity contribution in [3.05, 3.63) is 75.4 Å². The summed E-state index contributed by atoms with van der Waals surface area (Å²) in [5, 5.41) is 17.7. The van der Waals surface area contributed by atoms with Crippen LogP contribution in [0.15, 0.2) is 74.0 Å². The van der Waals surface area contributed by atoms with Crippen LogP contribution >= 0.6 is 11.6 Å². The fraction of sp³-hybridized carbons (Fsp3) is 0. The Kier molecular flexibility index (Phi) is 4.59. The third kappa shape index (κ3) is 3.42. The van der Waals surface area contributed by atoms with Crippen molar-refractivity contribution >= 4 is 28.9 Å². The lowest BCUT2D eigenvalue weighted by molar-refractivity contribution is 0.584. The first-order valence-corrected chi connectivity index (χ1v) is 7.57. The maximum Gasteiger partial charge on any atom is 0.233 e.